The second-order valence-corrected chi connectivity index (χ2v) is 19.5. The number of ketones is 2. The number of aliphatic hydroxyl groups excluding tert-OH is 1. The quantitative estimate of drug-likeness (QED) is 0.0761. The number of hydrogen-bond acceptors (Lipinski definition) is 26. The van der Waals surface area contributed by atoms with Crippen LogP contribution in [0.15, 0.2) is 42.5 Å². The summed E-state index contributed by atoms with van der Waals surface area (Å²) >= 11 is 0. The number of benzene rings is 2. The van der Waals surface area contributed by atoms with E-state index in [2.05, 4.69) is 5.32 Å². The van der Waals surface area contributed by atoms with E-state index in [0.29, 0.717) is 319 Å². The van der Waals surface area contributed by atoms with Gasteiger partial charge in [0.25, 0.3) is 0 Å². The Labute approximate surface area is 534 Å². The molecule has 0 aromatic heterocycles. The lowest BCUT2D eigenvalue weighted by Crippen LogP contribution is -2.22. The maximum atomic E-state index is 13.2. The van der Waals surface area contributed by atoms with Gasteiger partial charge in [-0.25, -0.2) is 0 Å². The molecule has 2 N–H and O–H groups in total. The zero-order valence-electron chi connectivity index (χ0n) is 53.6. The molecule has 520 valence electrons. The zero-order chi connectivity index (χ0) is 63.6. The number of fused-ring (bicyclic) bond motifs is 2. The molecule has 0 fully saturated rings. The maximum absolute atomic E-state index is 13.2. The lowest BCUT2D eigenvalue weighted by molar-refractivity contribution is -0.0318. The molecule has 0 radical (unpaired) electrons. The Morgan fingerprint density at radius 1 is 0.233 bits per heavy atom. The fourth-order valence-corrected chi connectivity index (χ4v) is 7.98. The number of carbonyl (C=O) groups excluding carboxylic acids is 2. The molecule has 0 saturated heterocycles. The summed E-state index contributed by atoms with van der Waals surface area (Å²) in [6, 6.07) is 12.4. The summed E-state index contributed by atoms with van der Waals surface area (Å²) in [6.07, 6.45) is 3.99. The highest BCUT2D eigenvalue weighted by molar-refractivity contribution is 6.30. The molecule has 1 aliphatic carbocycles. The van der Waals surface area contributed by atoms with Crippen LogP contribution >= 0.6 is 0 Å². The molecule has 2 aromatic carbocycles. The first-order valence-electron chi connectivity index (χ1n) is 32.1. The molecule has 0 atom stereocenters. The van der Waals surface area contributed by atoms with Crippen molar-refractivity contribution in [2.75, 3.05) is 309 Å². The van der Waals surface area contributed by atoms with E-state index in [1.165, 1.54) is 0 Å². The van der Waals surface area contributed by atoms with Crippen molar-refractivity contribution >= 4 is 17.3 Å². The molecule has 26 heteroatoms. The Morgan fingerprint density at radius 2 is 0.456 bits per heavy atom. The Balaban J connectivity index is 0.860. The van der Waals surface area contributed by atoms with E-state index in [1.54, 1.807) is 30.3 Å². The third-order valence-corrected chi connectivity index (χ3v) is 12.5. The first kappa shape index (κ1) is 80.9. The molecule has 26 nitrogen and oxygen atoms in total. The van der Waals surface area contributed by atoms with Gasteiger partial charge in [0, 0.05) is 35.5 Å². The number of hydrogen-bond donors (Lipinski definition) is 2. The van der Waals surface area contributed by atoms with Crippen LogP contribution in [0.25, 0.3) is 0 Å². The molecule has 0 aliphatic heterocycles. The van der Waals surface area contributed by atoms with Gasteiger partial charge in [0.1, 0.15) is 0 Å². The van der Waals surface area contributed by atoms with E-state index in [1.807, 2.05) is 12.1 Å². The van der Waals surface area contributed by atoms with E-state index < -0.39 is 0 Å². The van der Waals surface area contributed by atoms with Crippen LogP contribution in [0.3, 0.4) is 0 Å². The summed E-state index contributed by atoms with van der Waals surface area (Å²) in [5.74, 6) is -0.209. The lowest BCUT2D eigenvalue weighted by atomic mass is 9.83. The molecule has 0 saturated carbocycles. The van der Waals surface area contributed by atoms with Crippen molar-refractivity contribution in [3.63, 3.8) is 0 Å². The van der Waals surface area contributed by atoms with Gasteiger partial charge >= 0.3 is 0 Å². The third-order valence-electron chi connectivity index (χ3n) is 12.5. The van der Waals surface area contributed by atoms with Crippen LogP contribution in [0.5, 0.6) is 0 Å². The van der Waals surface area contributed by atoms with Gasteiger partial charge in [0.2, 0.25) is 0 Å². The molecule has 2 aromatic rings. The van der Waals surface area contributed by atoms with E-state index >= 15 is 0 Å². The third kappa shape index (κ3) is 47.5. The standard InChI is InChI=1S/C64H109NO25/c66-13-15-70-17-19-72-21-23-74-25-27-76-29-31-78-33-35-80-37-39-82-41-43-84-45-47-86-49-51-88-53-55-90-57-56-89-54-52-87-50-48-85-46-44-83-42-40-81-38-36-79-34-32-77-30-28-75-26-24-73-22-20-71-18-16-69-14-6-2-1-5-12-65-61-11-7-10-60-62(61)64(68)59-9-4-3-8-58(59)63(60)67/h3-4,7-11,65-66H,1-2,5-6,12-57H2. The van der Waals surface area contributed by atoms with Crippen molar-refractivity contribution in [1.82, 2.24) is 0 Å². The average Bonchev–Trinajstić information content (AvgIpc) is 0.881. The summed E-state index contributed by atoms with van der Waals surface area (Å²) in [4.78, 5) is 26.1. The topological polar surface area (TPSA) is 269 Å². The summed E-state index contributed by atoms with van der Waals surface area (Å²) in [5.41, 5.74) is 2.59. The minimum absolute atomic E-state index is 0.0165. The summed E-state index contributed by atoms with van der Waals surface area (Å²) in [5, 5.41) is 12.0. The lowest BCUT2D eigenvalue weighted by Gasteiger charge is -2.20. The number of nitrogens with one attached hydrogen (secondary N) is 1. The first-order valence-corrected chi connectivity index (χ1v) is 32.1. The Hall–Kier alpha value is -3.34. The SMILES string of the molecule is O=C1c2ccccc2C(=O)c2c(NCCCCCCOCCOCCOCCOCCOCCOCCOCCOCCOCCOCCOCCOCCOCCOCCOCCOCCOCCOCCOCCOCCOCCOCCO)cccc21. The molecule has 0 spiro atoms. The monoisotopic (exact) mass is 1290 g/mol. The van der Waals surface area contributed by atoms with Crippen molar-refractivity contribution in [3.05, 3.63) is 64.7 Å². The van der Waals surface area contributed by atoms with E-state index in [9.17, 15) is 9.59 Å². The van der Waals surface area contributed by atoms with E-state index in [-0.39, 0.29) is 18.2 Å². The van der Waals surface area contributed by atoms with Gasteiger partial charge in [-0.1, -0.05) is 49.2 Å². The Morgan fingerprint density at radius 3 is 0.722 bits per heavy atom. The summed E-state index contributed by atoms with van der Waals surface area (Å²) in [7, 11) is 0. The van der Waals surface area contributed by atoms with Crippen LogP contribution in [0.2, 0.25) is 0 Å². The number of anilines is 1. The zero-order valence-corrected chi connectivity index (χ0v) is 53.6. The van der Waals surface area contributed by atoms with Gasteiger partial charge in [-0.15, -0.1) is 0 Å². The molecule has 0 amide bonds. The number of ether oxygens (including phenoxy) is 22. The van der Waals surface area contributed by atoms with Crippen LogP contribution in [0.1, 0.15) is 57.5 Å². The van der Waals surface area contributed by atoms with Gasteiger partial charge in [-0.2, -0.15) is 0 Å². The van der Waals surface area contributed by atoms with Crippen LogP contribution < -0.4 is 5.32 Å². The number of aliphatic hydroxyl groups is 1. The Bertz CT molecular complexity index is 1890. The summed E-state index contributed by atoms with van der Waals surface area (Å²) in [6.45, 7) is 22.2. The first-order chi connectivity index (χ1) is 44.7. The van der Waals surface area contributed by atoms with Crippen molar-refractivity contribution in [2.24, 2.45) is 0 Å². The van der Waals surface area contributed by atoms with Crippen LogP contribution in [-0.4, -0.2) is 321 Å². The molecular formula is C64H109NO25. The molecule has 1 aliphatic rings. The largest absolute Gasteiger partial charge is 0.394 e. The molecule has 90 heavy (non-hydrogen) atoms. The predicted octanol–water partition coefficient (Wildman–Crippen LogP) is 3.79. The average molecular weight is 1290 g/mol. The second kappa shape index (κ2) is 64.4. The van der Waals surface area contributed by atoms with E-state index in [0.717, 1.165) is 32.2 Å². The maximum Gasteiger partial charge on any atom is 0.196 e. The fraction of sp³-hybridized carbons (Fsp3) is 0.781. The minimum Gasteiger partial charge on any atom is -0.394 e. The van der Waals surface area contributed by atoms with Crippen LogP contribution in [0.4, 0.5) is 5.69 Å². The normalized spacial score (nSPS) is 12.2. The smallest absolute Gasteiger partial charge is 0.196 e. The molecule has 0 unspecified atom stereocenters. The number of rotatable bonds is 73. The highest BCUT2D eigenvalue weighted by Gasteiger charge is 2.31. The molecule has 0 heterocycles. The van der Waals surface area contributed by atoms with Gasteiger partial charge < -0.3 is 115 Å². The molecular weight excluding hydrogens is 1180 g/mol. The van der Waals surface area contributed by atoms with Crippen molar-refractivity contribution in [2.45, 2.75) is 25.7 Å². The molecule has 0 bridgehead atoms. The van der Waals surface area contributed by atoms with Crippen molar-refractivity contribution in [1.29, 1.82) is 0 Å². The highest BCUT2D eigenvalue weighted by Crippen LogP contribution is 2.32. The van der Waals surface area contributed by atoms with Crippen LogP contribution in [0, 0.1) is 0 Å². The Kier molecular flexibility index (Phi) is 57.9. The molecule has 3 rings (SSSR count). The summed E-state index contributed by atoms with van der Waals surface area (Å²) < 4.78 is 121. The van der Waals surface area contributed by atoms with Gasteiger partial charge in [-0.3, -0.25) is 9.59 Å². The minimum atomic E-state index is -0.106. The van der Waals surface area contributed by atoms with E-state index in [4.69, 9.17) is 109 Å². The predicted molar refractivity (Wildman–Crippen MR) is 332 cm³/mol. The van der Waals surface area contributed by atoms with Gasteiger partial charge in [0.05, 0.1) is 296 Å². The highest BCUT2D eigenvalue weighted by atomic mass is 16.6. The second-order valence-electron chi connectivity index (χ2n) is 19.5. The number of carbonyl (C=O) groups is 2. The van der Waals surface area contributed by atoms with Crippen LogP contribution in [-0.2, 0) is 104 Å². The van der Waals surface area contributed by atoms with Crippen molar-refractivity contribution < 1.29 is 119 Å². The number of unbranched alkanes of at least 4 members (excludes halogenated alkanes) is 3. The fourth-order valence-electron chi connectivity index (χ4n) is 7.98. The van der Waals surface area contributed by atoms with Gasteiger partial charge in [-0.05, 0) is 18.9 Å². The van der Waals surface area contributed by atoms with Gasteiger partial charge in [0.15, 0.2) is 11.6 Å². The van der Waals surface area contributed by atoms with Crippen molar-refractivity contribution in [3.8, 4) is 0 Å².